The summed E-state index contributed by atoms with van der Waals surface area (Å²) < 4.78 is 16.6. The van der Waals surface area contributed by atoms with Crippen molar-refractivity contribution < 1.29 is 23.8 Å². The van der Waals surface area contributed by atoms with Gasteiger partial charge in [-0.25, -0.2) is 4.79 Å². The summed E-state index contributed by atoms with van der Waals surface area (Å²) >= 11 is 5.97. The summed E-state index contributed by atoms with van der Waals surface area (Å²) in [4.78, 5) is 26.8. The van der Waals surface area contributed by atoms with Crippen LogP contribution in [-0.2, 0) is 9.53 Å². The molecule has 0 saturated carbocycles. The van der Waals surface area contributed by atoms with Crippen molar-refractivity contribution in [3.63, 3.8) is 0 Å². The summed E-state index contributed by atoms with van der Waals surface area (Å²) in [5.41, 5.74) is 1.89. The highest BCUT2D eigenvalue weighted by atomic mass is 35.5. The van der Waals surface area contributed by atoms with Gasteiger partial charge in [0.2, 0.25) is 6.10 Å². The van der Waals surface area contributed by atoms with Crippen LogP contribution in [0.5, 0.6) is 11.5 Å². The Morgan fingerprint density at radius 2 is 1.69 bits per heavy atom. The Bertz CT molecular complexity index is 1110. The molecule has 1 saturated heterocycles. The second kappa shape index (κ2) is 9.32. The van der Waals surface area contributed by atoms with Crippen molar-refractivity contribution in [1.29, 1.82) is 0 Å². The zero-order chi connectivity index (χ0) is 22.7. The van der Waals surface area contributed by atoms with E-state index in [2.05, 4.69) is 0 Å². The highest BCUT2D eigenvalue weighted by Crippen LogP contribution is 2.44. The van der Waals surface area contributed by atoms with Crippen LogP contribution in [0.1, 0.15) is 28.9 Å². The third-order valence-electron chi connectivity index (χ3n) is 5.24. The van der Waals surface area contributed by atoms with Gasteiger partial charge in [0, 0.05) is 16.3 Å². The van der Waals surface area contributed by atoms with Crippen molar-refractivity contribution in [3.8, 4) is 11.5 Å². The van der Waals surface area contributed by atoms with Crippen LogP contribution >= 0.6 is 11.6 Å². The monoisotopic (exact) mass is 451 g/mol. The molecule has 4 rings (SSSR count). The van der Waals surface area contributed by atoms with Gasteiger partial charge in [-0.1, -0.05) is 29.8 Å². The summed E-state index contributed by atoms with van der Waals surface area (Å²) in [7, 11) is 1.59. The number of anilines is 1. The van der Waals surface area contributed by atoms with E-state index in [4.69, 9.17) is 25.8 Å². The lowest BCUT2D eigenvalue weighted by Crippen LogP contribution is -2.61. The molecule has 2 atom stereocenters. The second-order valence-corrected chi connectivity index (χ2v) is 7.59. The van der Waals surface area contributed by atoms with Gasteiger partial charge in [-0.15, -0.1) is 0 Å². The fourth-order valence-corrected chi connectivity index (χ4v) is 3.84. The molecule has 1 aliphatic rings. The molecule has 1 heterocycles. The summed E-state index contributed by atoms with van der Waals surface area (Å²) in [6.07, 6.45) is -0.739. The highest BCUT2D eigenvalue weighted by Gasteiger charge is 2.52. The number of halogens is 1. The number of esters is 1. The van der Waals surface area contributed by atoms with Gasteiger partial charge in [-0.3, -0.25) is 9.69 Å². The largest absolute Gasteiger partial charge is 0.496 e. The first-order valence-electron chi connectivity index (χ1n) is 10.2. The van der Waals surface area contributed by atoms with Crippen LogP contribution in [-0.4, -0.2) is 31.7 Å². The number of hydrogen-bond donors (Lipinski definition) is 0. The van der Waals surface area contributed by atoms with E-state index in [1.54, 1.807) is 67.5 Å². The van der Waals surface area contributed by atoms with Gasteiger partial charge >= 0.3 is 5.97 Å². The molecule has 0 N–H and O–H groups in total. The molecule has 3 aromatic rings. The van der Waals surface area contributed by atoms with Gasteiger partial charge in [-0.2, -0.15) is 0 Å². The van der Waals surface area contributed by atoms with Crippen molar-refractivity contribution in [1.82, 2.24) is 0 Å². The molecule has 0 aromatic heterocycles. The van der Waals surface area contributed by atoms with Crippen LogP contribution in [0.15, 0.2) is 72.8 Å². The van der Waals surface area contributed by atoms with Crippen LogP contribution in [0.3, 0.4) is 0 Å². The van der Waals surface area contributed by atoms with Gasteiger partial charge in [0.05, 0.1) is 19.3 Å². The number of rotatable bonds is 7. The molecular weight excluding hydrogens is 430 g/mol. The summed E-state index contributed by atoms with van der Waals surface area (Å²) in [5.74, 6) is 0.603. The zero-order valence-corrected chi connectivity index (χ0v) is 18.4. The SMILES string of the molecule is CCOC(=O)c1ccc(N2C(=O)[C@H](Oc3ccc(Cl)cc3)[C@H]2c2ccccc2OC)cc1. The number of carbonyl (C=O) groups is 2. The first-order chi connectivity index (χ1) is 15.5. The molecule has 32 heavy (non-hydrogen) atoms. The third-order valence-corrected chi connectivity index (χ3v) is 5.49. The van der Waals surface area contributed by atoms with E-state index in [1.165, 1.54) is 0 Å². The number of ether oxygens (including phenoxy) is 3. The minimum absolute atomic E-state index is 0.195. The number of para-hydroxylation sites is 1. The van der Waals surface area contributed by atoms with Crippen molar-refractivity contribution in [2.45, 2.75) is 19.1 Å². The molecule has 1 amide bonds. The maximum atomic E-state index is 13.2. The molecule has 1 fully saturated rings. The molecule has 6 nitrogen and oxygen atoms in total. The van der Waals surface area contributed by atoms with Crippen molar-refractivity contribution in [3.05, 3.63) is 88.9 Å². The zero-order valence-electron chi connectivity index (χ0n) is 17.7. The molecule has 0 radical (unpaired) electrons. The molecule has 3 aromatic carbocycles. The van der Waals surface area contributed by atoms with Crippen LogP contribution in [0.2, 0.25) is 5.02 Å². The minimum Gasteiger partial charge on any atom is -0.496 e. The van der Waals surface area contributed by atoms with Crippen molar-refractivity contribution in [2.24, 2.45) is 0 Å². The van der Waals surface area contributed by atoms with Crippen LogP contribution in [0.25, 0.3) is 0 Å². The van der Waals surface area contributed by atoms with Crippen LogP contribution in [0.4, 0.5) is 5.69 Å². The summed E-state index contributed by atoms with van der Waals surface area (Å²) in [5, 5.41) is 0.585. The molecule has 0 spiro atoms. The number of nitrogens with zero attached hydrogens (tertiary/aromatic N) is 1. The summed E-state index contributed by atoms with van der Waals surface area (Å²) in [6.45, 7) is 2.05. The molecule has 0 bridgehead atoms. The van der Waals surface area contributed by atoms with Crippen LogP contribution in [0, 0.1) is 0 Å². The second-order valence-electron chi connectivity index (χ2n) is 7.15. The van der Waals surface area contributed by atoms with E-state index < -0.39 is 18.1 Å². The summed E-state index contributed by atoms with van der Waals surface area (Å²) in [6, 6.07) is 20.7. The fraction of sp³-hybridized carbons (Fsp3) is 0.200. The van der Waals surface area contributed by atoms with Crippen molar-refractivity contribution >= 4 is 29.2 Å². The Morgan fingerprint density at radius 1 is 1.00 bits per heavy atom. The molecule has 7 heteroatoms. The Morgan fingerprint density at radius 3 is 2.34 bits per heavy atom. The number of β-lactam (4-membered cyclic amide) rings is 1. The Kier molecular flexibility index (Phi) is 6.32. The number of hydrogen-bond acceptors (Lipinski definition) is 5. The number of amides is 1. The van der Waals surface area contributed by atoms with Gasteiger partial charge in [0.25, 0.3) is 5.91 Å². The molecule has 0 aliphatic carbocycles. The predicted octanol–water partition coefficient (Wildman–Crippen LogP) is 5.06. The smallest absolute Gasteiger partial charge is 0.338 e. The standard InChI is InChI=1S/C25H22ClNO5/c1-3-31-25(29)16-8-12-18(13-9-16)27-22(20-6-4-5-7-21(20)30-2)23(24(27)28)32-19-14-10-17(26)11-15-19/h4-15,22-23H,3H2,1-2H3/t22-,23-/m1/s1. The molecule has 1 aliphatic heterocycles. The fourth-order valence-electron chi connectivity index (χ4n) is 3.71. The average Bonchev–Trinajstić information content (AvgIpc) is 2.82. The Labute approximate surface area is 191 Å². The first-order valence-corrected chi connectivity index (χ1v) is 10.6. The van der Waals surface area contributed by atoms with E-state index in [0.29, 0.717) is 34.4 Å². The lowest BCUT2D eigenvalue weighted by atomic mass is 9.89. The van der Waals surface area contributed by atoms with E-state index in [1.807, 2.05) is 24.3 Å². The maximum absolute atomic E-state index is 13.2. The number of benzene rings is 3. The lowest BCUT2D eigenvalue weighted by Gasteiger charge is -2.47. The normalized spacial score (nSPS) is 17.5. The Hall–Kier alpha value is -3.51. The van der Waals surface area contributed by atoms with Gasteiger partial charge in [0.15, 0.2) is 0 Å². The van der Waals surface area contributed by atoms with Gasteiger partial charge in [0.1, 0.15) is 17.5 Å². The van der Waals surface area contributed by atoms with Gasteiger partial charge in [-0.05, 0) is 61.5 Å². The van der Waals surface area contributed by atoms with Crippen LogP contribution < -0.4 is 14.4 Å². The molecule has 164 valence electrons. The highest BCUT2D eigenvalue weighted by molar-refractivity contribution is 6.30. The first kappa shape index (κ1) is 21.7. The average molecular weight is 452 g/mol. The maximum Gasteiger partial charge on any atom is 0.338 e. The number of carbonyl (C=O) groups excluding carboxylic acids is 2. The Balaban J connectivity index is 1.67. The quantitative estimate of drug-likeness (QED) is 0.371. The number of methoxy groups -OCH3 is 1. The molecular formula is C25H22ClNO5. The minimum atomic E-state index is -0.739. The third kappa shape index (κ3) is 4.14. The lowest BCUT2D eigenvalue weighted by molar-refractivity contribution is -0.135. The van der Waals surface area contributed by atoms with Gasteiger partial charge < -0.3 is 14.2 Å². The van der Waals surface area contributed by atoms with E-state index in [0.717, 1.165) is 5.56 Å². The van der Waals surface area contributed by atoms with Crippen molar-refractivity contribution in [2.75, 3.05) is 18.6 Å². The van der Waals surface area contributed by atoms with E-state index in [9.17, 15) is 9.59 Å². The van der Waals surface area contributed by atoms with E-state index >= 15 is 0 Å². The topological polar surface area (TPSA) is 65.1 Å². The predicted molar refractivity (Wildman–Crippen MR) is 121 cm³/mol. The van der Waals surface area contributed by atoms with E-state index in [-0.39, 0.29) is 5.91 Å². The molecule has 0 unspecified atom stereocenters.